The van der Waals surface area contributed by atoms with E-state index in [1.165, 1.54) is 16.7 Å². The number of halogens is 1. The van der Waals surface area contributed by atoms with Crippen LogP contribution in [0.2, 0.25) is 0 Å². The molecule has 2 amide bonds. The lowest BCUT2D eigenvalue weighted by atomic mass is 10.1. The monoisotopic (exact) mass is 480 g/mol. The van der Waals surface area contributed by atoms with E-state index in [4.69, 9.17) is 0 Å². The minimum Gasteiger partial charge on any atom is -0.505 e. The summed E-state index contributed by atoms with van der Waals surface area (Å²) in [5, 5.41) is 13.5. The molecular weight excluding hydrogens is 451 g/mol. The third kappa shape index (κ3) is 5.34. The normalized spacial score (nSPS) is 13.7. The van der Waals surface area contributed by atoms with Gasteiger partial charge in [-0.3, -0.25) is 23.9 Å². The van der Waals surface area contributed by atoms with Crippen molar-refractivity contribution in [3.05, 3.63) is 69.4 Å². The zero-order valence-corrected chi connectivity index (χ0v) is 19.7. The maximum Gasteiger partial charge on any atom is 0.268 e. The Balaban J connectivity index is 1.80. The molecular formula is C26H29FN4O4. The summed E-state index contributed by atoms with van der Waals surface area (Å²) in [4.78, 5) is 45.3. The second-order valence-corrected chi connectivity index (χ2v) is 8.83. The number of nitrogens with one attached hydrogen (secondary N) is 1. The topological polar surface area (TPSA) is 105 Å². The maximum atomic E-state index is 13.4. The summed E-state index contributed by atoms with van der Waals surface area (Å²) in [6.45, 7) is 3.21. The molecule has 1 aliphatic rings. The Labute approximate surface area is 202 Å². The Hall–Kier alpha value is -3.75. The molecule has 8 nitrogen and oxygen atoms in total. The minimum atomic E-state index is -0.741. The number of amides is 2. The summed E-state index contributed by atoms with van der Waals surface area (Å²) in [7, 11) is 0. The van der Waals surface area contributed by atoms with E-state index in [2.05, 4.69) is 10.3 Å². The molecule has 184 valence electrons. The first-order chi connectivity index (χ1) is 16.9. The van der Waals surface area contributed by atoms with Gasteiger partial charge in [0.25, 0.3) is 11.5 Å². The van der Waals surface area contributed by atoms with Crippen LogP contribution >= 0.6 is 0 Å². The number of hydrogen-bond acceptors (Lipinski definition) is 5. The van der Waals surface area contributed by atoms with Gasteiger partial charge in [0.2, 0.25) is 5.91 Å². The van der Waals surface area contributed by atoms with Gasteiger partial charge in [-0.05, 0) is 61.4 Å². The van der Waals surface area contributed by atoms with Crippen LogP contribution < -0.4 is 10.9 Å². The van der Waals surface area contributed by atoms with Crippen molar-refractivity contribution >= 4 is 22.8 Å². The van der Waals surface area contributed by atoms with Crippen LogP contribution in [0.25, 0.3) is 11.0 Å². The lowest BCUT2D eigenvalue weighted by molar-refractivity contribution is -0.132. The molecule has 2 aromatic heterocycles. The van der Waals surface area contributed by atoms with Gasteiger partial charge in [-0.1, -0.05) is 19.1 Å². The summed E-state index contributed by atoms with van der Waals surface area (Å²) in [5.41, 5.74) is 0.729. The van der Waals surface area contributed by atoms with Crippen molar-refractivity contribution in [2.75, 3.05) is 19.6 Å². The molecule has 0 saturated carbocycles. The van der Waals surface area contributed by atoms with Crippen LogP contribution in [-0.4, -0.2) is 51.0 Å². The second kappa shape index (κ2) is 10.7. The number of fused-ring (bicyclic) bond motifs is 1. The minimum absolute atomic E-state index is 0.0700. The molecule has 1 aliphatic heterocycles. The van der Waals surface area contributed by atoms with Gasteiger partial charge in [-0.2, -0.15) is 0 Å². The molecule has 0 aliphatic carbocycles. The van der Waals surface area contributed by atoms with Crippen LogP contribution in [0, 0.1) is 5.82 Å². The molecule has 0 spiro atoms. The van der Waals surface area contributed by atoms with Crippen molar-refractivity contribution < 1.29 is 19.1 Å². The van der Waals surface area contributed by atoms with Gasteiger partial charge in [0.1, 0.15) is 23.4 Å². The van der Waals surface area contributed by atoms with Gasteiger partial charge in [0.15, 0.2) is 5.75 Å². The summed E-state index contributed by atoms with van der Waals surface area (Å²) >= 11 is 0. The highest BCUT2D eigenvalue weighted by atomic mass is 19.1. The fraction of sp³-hybridized carbons (Fsp3) is 0.385. The van der Waals surface area contributed by atoms with E-state index in [9.17, 15) is 23.9 Å². The molecule has 9 heteroatoms. The zero-order valence-electron chi connectivity index (χ0n) is 19.7. The van der Waals surface area contributed by atoms with Crippen LogP contribution in [0.3, 0.4) is 0 Å². The van der Waals surface area contributed by atoms with E-state index in [1.54, 1.807) is 29.3 Å². The predicted molar refractivity (Wildman–Crippen MR) is 130 cm³/mol. The average molecular weight is 481 g/mol. The third-order valence-corrected chi connectivity index (χ3v) is 6.22. The van der Waals surface area contributed by atoms with Crippen molar-refractivity contribution in [1.29, 1.82) is 0 Å². The van der Waals surface area contributed by atoms with E-state index in [0.717, 1.165) is 24.8 Å². The molecule has 1 saturated heterocycles. The van der Waals surface area contributed by atoms with Crippen LogP contribution in [0.1, 0.15) is 54.1 Å². The van der Waals surface area contributed by atoms with E-state index in [-0.39, 0.29) is 29.3 Å². The second-order valence-electron chi connectivity index (χ2n) is 8.83. The molecule has 4 rings (SSSR count). The zero-order chi connectivity index (χ0) is 24.9. The number of pyridine rings is 2. The Morgan fingerprint density at radius 2 is 1.83 bits per heavy atom. The number of carbonyl (C=O) groups is 2. The van der Waals surface area contributed by atoms with Crippen molar-refractivity contribution in [2.45, 2.75) is 45.6 Å². The Morgan fingerprint density at radius 1 is 1.11 bits per heavy atom. The highest BCUT2D eigenvalue weighted by Crippen LogP contribution is 2.26. The highest BCUT2D eigenvalue weighted by Gasteiger charge is 2.25. The van der Waals surface area contributed by atoms with E-state index in [1.807, 2.05) is 6.92 Å². The molecule has 0 unspecified atom stereocenters. The molecule has 1 aromatic carbocycles. The number of piperidine rings is 1. The quantitative estimate of drug-likeness (QED) is 0.541. The van der Waals surface area contributed by atoms with Crippen molar-refractivity contribution in [3.8, 4) is 5.75 Å². The predicted octanol–water partition coefficient (Wildman–Crippen LogP) is 2.98. The Bertz CT molecular complexity index is 1300. The summed E-state index contributed by atoms with van der Waals surface area (Å²) < 4.78 is 14.5. The molecule has 3 heterocycles. The van der Waals surface area contributed by atoms with Crippen LogP contribution in [0.15, 0.2) is 41.3 Å². The highest BCUT2D eigenvalue weighted by molar-refractivity contribution is 6.01. The molecule has 1 fully saturated rings. The van der Waals surface area contributed by atoms with Gasteiger partial charge in [-0.15, -0.1) is 0 Å². The van der Waals surface area contributed by atoms with Crippen molar-refractivity contribution in [1.82, 2.24) is 19.8 Å². The largest absolute Gasteiger partial charge is 0.505 e. The first-order valence-corrected chi connectivity index (χ1v) is 11.9. The standard InChI is InChI=1S/C26H29FN4O4/c1-2-10-28-25(34)22-24(33)23-20(14-18(15-29-23)13-17-6-8-19(27)9-7-17)31(26(22)35)16-21(32)30-11-4-3-5-12-30/h6-9,14-15,33H,2-5,10-13,16H2,1H3,(H,28,34). The SMILES string of the molecule is CCCNC(=O)c1c(O)c2ncc(Cc3ccc(F)cc3)cc2n(CC(=O)N2CCCCC2)c1=O. The molecule has 0 radical (unpaired) electrons. The summed E-state index contributed by atoms with van der Waals surface area (Å²) in [6.07, 6.45) is 5.49. The number of rotatable bonds is 7. The molecule has 0 atom stereocenters. The number of benzene rings is 1. The fourth-order valence-electron chi connectivity index (χ4n) is 4.35. The summed E-state index contributed by atoms with van der Waals surface area (Å²) in [6, 6.07) is 7.73. The maximum absolute atomic E-state index is 13.4. The molecule has 35 heavy (non-hydrogen) atoms. The molecule has 0 bridgehead atoms. The van der Waals surface area contributed by atoms with Crippen molar-refractivity contribution in [3.63, 3.8) is 0 Å². The van der Waals surface area contributed by atoms with E-state index < -0.39 is 22.8 Å². The number of likely N-dealkylation sites (tertiary alicyclic amines) is 1. The van der Waals surface area contributed by atoms with Crippen LogP contribution in [0.5, 0.6) is 5.75 Å². The number of carbonyl (C=O) groups excluding carboxylic acids is 2. The first kappa shape index (κ1) is 24.4. The number of aromatic nitrogens is 2. The molecule has 2 N–H and O–H groups in total. The lowest BCUT2D eigenvalue weighted by Gasteiger charge is -2.27. The number of aromatic hydroxyl groups is 1. The van der Waals surface area contributed by atoms with Gasteiger partial charge in [0, 0.05) is 25.8 Å². The number of nitrogens with zero attached hydrogens (tertiary/aromatic N) is 3. The number of hydrogen-bond donors (Lipinski definition) is 2. The van der Waals surface area contributed by atoms with Crippen LogP contribution in [-0.2, 0) is 17.8 Å². The Morgan fingerprint density at radius 3 is 2.51 bits per heavy atom. The van der Waals surface area contributed by atoms with Gasteiger partial charge in [-0.25, -0.2) is 4.39 Å². The van der Waals surface area contributed by atoms with Gasteiger partial charge >= 0.3 is 0 Å². The van der Waals surface area contributed by atoms with Crippen molar-refractivity contribution in [2.24, 2.45) is 0 Å². The fourth-order valence-corrected chi connectivity index (χ4v) is 4.35. The van der Waals surface area contributed by atoms with E-state index in [0.29, 0.717) is 38.0 Å². The lowest BCUT2D eigenvalue weighted by Crippen LogP contribution is -2.41. The van der Waals surface area contributed by atoms with E-state index >= 15 is 0 Å². The average Bonchev–Trinajstić information content (AvgIpc) is 2.87. The summed E-state index contributed by atoms with van der Waals surface area (Å²) in [5.74, 6) is -1.77. The van der Waals surface area contributed by atoms with Gasteiger partial charge < -0.3 is 15.3 Å². The third-order valence-electron chi connectivity index (χ3n) is 6.22. The van der Waals surface area contributed by atoms with Crippen LogP contribution in [0.4, 0.5) is 4.39 Å². The Kier molecular flexibility index (Phi) is 7.43. The van der Waals surface area contributed by atoms with Gasteiger partial charge in [0.05, 0.1) is 5.52 Å². The molecule has 3 aromatic rings. The first-order valence-electron chi connectivity index (χ1n) is 11.9. The smallest absolute Gasteiger partial charge is 0.268 e.